The van der Waals surface area contributed by atoms with Gasteiger partial charge in [-0.3, -0.25) is 9.78 Å². The zero-order valence-electron chi connectivity index (χ0n) is 11.8. The third-order valence-electron chi connectivity index (χ3n) is 3.75. The van der Waals surface area contributed by atoms with Gasteiger partial charge in [0.2, 0.25) is 0 Å². The number of hydrogen-bond donors (Lipinski definition) is 2. The highest BCUT2D eigenvalue weighted by Crippen LogP contribution is 2.24. The van der Waals surface area contributed by atoms with Crippen LogP contribution in [0.5, 0.6) is 0 Å². The first kappa shape index (κ1) is 15.2. The number of carbonyl (C=O) groups is 2. The largest absolute Gasteiger partial charge is 0.478 e. The molecule has 0 saturated carbocycles. The predicted octanol–water partition coefficient (Wildman–Crippen LogP) is 1.02. The van der Waals surface area contributed by atoms with Crippen molar-refractivity contribution in [2.45, 2.75) is 19.4 Å². The number of carbonyl (C=O) groups excluding carboxylic acids is 1. The van der Waals surface area contributed by atoms with E-state index in [9.17, 15) is 14.7 Å². The van der Waals surface area contributed by atoms with Crippen LogP contribution < -0.4 is 0 Å². The number of aliphatic hydroxyl groups excluding tert-OH is 1. The molecule has 2 rings (SSSR count). The maximum Gasteiger partial charge on any atom is 0.328 e. The summed E-state index contributed by atoms with van der Waals surface area (Å²) in [5.41, 5.74) is 0.914. The van der Waals surface area contributed by atoms with Crippen molar-refractivity contribution >= 4 is 18.0 Å². The second kappa shape index (κ2) is 6.49. The average Bonchev–Trinajstić information content (AvgIpc) is 2.85. The summed E-state index contributed by atoms with van der Waals surface area (Å²) >= 11 is 0. The summed E-state index contributed by atoms with van der Waals surface area (Å²) in [7, 11) is 0. The van der Waals surface area contributed by atoms with E-state index in [0.29, 0.717) is 17.8 Å². The van der Waals surface area contributed by atoms with Crippen molar-refractivity contribution in [3.8, 4) is 0 Å². The van der Waals surface area contributed by atoms with Crippen LogP contribution in [-0.2, 0) is 4.79 Å². The van der Waals surface area contributed by atoms with Crippen molar-refractivity contribution in [2.75, 3.05) is 13.2 Å². The summed E-state index contributed by atoms with van der Waals surface area (Å²) < 4.78 is 0. The number of aliphatic carboxylic acids is 1. The Bertz CT molecular complexity index is 553. The van der Waals surface area contributed by atoms with Crippen LogP contribution in [0, 0.1) is 5.92 Å². The third kappa shape index (κ3) is 3.46. The molecule has 1 fully saturated rings. The summed E-state index contributed by atoms with van der Waals surface area (Å²) in [4.78, 5) is 28.5. The van der Waals surface area contributed by atoms with Crippen LogP contribution in [-0.4, -0.2) is 51.2 Å². The molecule has 1 saturated heterocycles. The fourth-order valence-electron chi connectivity index (χ4n) is 2.48. The molecule has 2 heterocycles. The number of aromatic nitrogens is 1. The molecule has 2 unspecified atom stereocenters. The lowest BCUT2D eigenvalue weighted by molar-refractivity contribution is -0.131. The van der Waals surface area contributed by atoms with Crippen LogP contribution in [0.4, 0.5) is 0 Å². The number of carboxylic acids is 1. The van der Waals surface area contributed by atoms with Crippen molar-refractivity contribution in [1.82, 2.24) is 9.88 Å². The topological polar surface area (TPSA) is 90.7 Å². The van der Waals surface area contributed by atoms with Gasteiger partial charge >= 0.3 is 5.97 Å². The van der Waals surface area contributed by atoms with E-state index in [0.717, 1.165) is 12.5 Å². The van der Waals surface area contributed by atoms with Crippen LogP contribution in [0.3, 0.4) is 0 Å². The van der Waals surface area contributed by atoms with Crippen LogP contribution in [0.1, 0.15) is 29.4 Å². The van der Waals surface area contributed by atoms with Gasteiger partial charge in [-0.15, -0.1) is 0 Å². The Morgan fingerprint density at radius 1 is 1.48 bits per heavy atom. The number of aliphatic hydroxyl groups is 1. The normalized spacial score (nSPS) is 21.9. The lowest BCUT2D eigenvalue weighted by atomic mass is 10.0. The monoisotopic (exact) mass is 290 g/mol. The first-order valence-corrected chi connectivity index (χ1v) is 6.82. The molecule has 2 N–H and O–H groups in total. The standard InChI is InChI=1S/C15H18N2O4/c1-10-6-7-17(13(10)9-18)15(21)12-4-2-11(8-16-12)3-5-14(19)20/h2-5,8,10,13,18H,6-7,9H2,1H3,(H,19,20)/b5-3+. The molecule has 2 atom stereocenters. The van der Waals surface area contributed by atoms with E-state index in [2.05, 4.69) is 4.98 Å². The number of nitrogens with zero attached hydrogens (tertiary/aromatic N) is 2. The van der Waals surface area contributed by atoms with Crippen molar-refractivity contribution < 1.29 is 19.8 Å². The minimum atomic E-state index is -1.04. The SMILES string of the molecule is CC1CCN(C(=O)c2ccc(/C=C/C(=O)O)cn2)C1CO. The molecule has 6 heteroatoms. The highest BCUT2D eigenvalue weighted by Gasteiger charge is 2.34. The Hall–Kier alpha value is -2.21. The lowest BCUT2D eigenvalue weighted by Gasteiger charge is -2.24. The summed E-state index contributed by atoms with van der Waals surface area (Å²) in [5.74, 6) is -0.962. The molecular formula is C15H18N2O4. The van der Waals surface area contributed by atoms with Gasteiger partial charge in [0, 0.05) is 18.8 Å². The van der Waals surface area contributed by atoms with E-state index in [-0.39, 0.29) is 24.5 Å². The van der Waals surface area contributed by atoms with Crippen LogP contribution in [0.2, 0.25) is 0 Å². The number of hydrogen-bond acceptors (Lipinski definition) is 4. The summed E-state index contributed by atoms with van der Waals surface area (Å²) in [6.07, 6.45) is 4.76. The van der Waals surface area contributed by atoms with Gasteiger partial charge in [-0.2, -0.15) is 0 Å². The van der Waals surface area contributed by atoms with Gasteiger partial charge in [0.25, 0.3) is 5.91 Å². The molecule has 0 radical (unpaired) electrons. The van der Waals surface area contributed by atoms with Gasteiger partial charge in [0.05, 0.1) is 12.6 Å². The zero-order chi connectivity index (χ0) is 15.4. The molecule has 0 aliphatic carbocycles. The van der Waals surface area contributed by atoms with Crippen molar-refractivity contribution in [3.63, 3.8) is 0 Å². The van der Waals surface area contributed by atoms with Crippen molar-refractivity contribution in [1.29, 1.82) is 0 Å². The molecule has 1 amide bonds. The highest BCUT2D eigenvalue weighted by molar-refractivity contribution is 5.93. The van der Waals surface area contributed by atoms with E-state index in [1.54, 1.807) is 17.0 Å². The number of rotatable bonds is 4. The van der Waals surface area contributed by atoms with Gasteiger partial charge in [-0.25, -0.2) is 4.79 Å². The van der Waals surface area contributed by atoms with Crippen LogP contribution in [0.15, 0.2) is 24.4 Å². The maximum atomic E-state index is 12.4. The van der Waals surface area contributed by atoms with Gasteiger partial charge in [-0.1, -0.05) is 13.0 Å². The number of amides is 1. The Kier molecular flexibility index (Phi) is 4.70. The van der Waals surface area contributed by atoms with E-state index >= 15 is 0 Å². The first-order chi connectivity index (χ1) is 10.0. The Labute approximate surface area is 122 Å². The van der Waals surface area contributed by atoms with E-state index in [1.807, 2.05) is 6.92 Å². The van der Waals surface area contributed by atoms with Crippen LogP contribution in [0.25, 0.3) is 6.08 Å². The van der Waals surface area contributed by atoms with Gasteiger partial charge in [0.1, 0.15) is 5.69 Å². The molecule has 1 aliphatic heterocycles. The molecule has 1 aliphatic rings. The summed E-state index contributed by atoms with van der Waals surface area (Å²) in [6, 6.07) is 3.06. The number of pyridine rings is 1. The van der Waals surface area contributed by atoms with Gasteiger partial charge in [-0.05, 0) is 30.0 Å². The molecule has 1 aromatic heterocycles. The molecular weight excluding hydrogens is 272 g/mol. The minimum absolute atomic E-state index is 0.0493. The van der Waals surface area contributed by atoms with Gasteiger partial charge < -0.3 is 15.1 Å². The van der Waals surface area contributed by atoms with E-state index in [1.165, 1.54) is 12.3 Å². The fourth-order valence-corrected chi connectivity index (χ4v) is 2.48. The first-order valence-electron chi connectivity index (χ1n) is 6.82. The summed E-state index contributed by atoms with van der Waals surface area (Å²) in [5, 5.41) is 17.9. The molecule has 0 bridgehead atoms. The van der Waals surface area contributed by atoms with Gasteiger partial charge in [0.15, 0.2) is 0 Å². The van der Waals surface area contributed by atoms with E-state index < -0.39 is 5.97 Å². The lowest BCUT2D eigenvalue weighted by Crippen LogP contribution is -2.40. The second-order valence-electron chi connectivity index (χ2n) is 5.16. The minimum Gasteiger partial charge on any atom is -0.478 e. The highest BCUT2D eigenvalue weighted by atomic mass is 16.4. The summed E-state index contributed by atoms with van der Waals surface area (Å²) in [6.45, 7) is 2.58. The maximum absolute atomic E-state index is 12.4. The van der Waals surface area contributed by atoms with Crippen molar-refractivity contribution in [3.05, 3.63) is 35.7 Å². The Morgan fingerprint density at radius 2 is 2.24 bits per heavy atom. The number of likely N-dealkylation sites (tertiary alicyclic amines) is 1. The molecule has 0 aromatic carbocycles. The average molecular weight is 290 g/mol. The number of carboxylic acid groups (broad SMARTS) is 1. The third-order valence-corrected chi connectivity index (χ3v) is 3.75. The zero-order valence-corrected chi connectivity index (χ0v) is 11.8. The Balaban J connectivity index is 2.11. The Morgan fingerprint density at radius 3 is 2.81 bits per heavy atom. The fraction of sp³-hybridized carbons (Fsp3) is 0.400. The smallest absolute Gasteiger partial charge is 0.328 e. The predicted molar refractivity (Wildman–Crippen MR) is 76.6 cm³/mol. The quantitative estimate of drug-likeness (QED) is 0.808. The van der Waals surface area contributed by atoms with E-state index in [4.69, 9.17) is 5.11 Å². The molecule has 6 nitrogen and oxygen atoms in total. The molecule has 0 spiro atoms. The molecule has 112 valence electrons. The second-order valence-corrected chi connectivity index (χ2v) is 5.16. The van der Waals surface area contributed by atoms with Crippen molar-refractivity contribution in [2.24, 2.45) is 5.92 Å². The molecule has 1 aromatic rings. The molecule has 21 heavy (non-hydrogen) atoms. The van der Waals surface area contributed by atoms with Crippen LogP contribution >= 0.6 is 0 Å².